The Hall–Kier alpha value is -1.40. The van der Waals surface area contributed by atoms with Crippen LogP contribution in [0.4, 0.5) is 5.69 Å². The minimum absolute atomic E-state index is 0.0906. The number of carbonyl (C=O) groups excluding carboxylic acids is 1. The van der Waals surface area contributed by atoms with E-state index >= 15 is 0 Å². The quantitative estimate of drug-likeness (QED) is 0.645. The SMILES string of the molecule is CNc1ccc(C(=O)C2CCOS2(=O)=O)cc1. The lowest BCUT2D eigenvalue weighted by Gasteiger charge is -2.07. The highest BCUT2D eigenvalue weighted by molar-refractivity contribution is 7.88. The van der Waals surface area contributed by atoms with Crippen molar-refractivity contribution in [3.05, 3.63) is 29.8 Å². The van der Waals surface area contributed by atoms with Crippen LogP contribution in [-0.4, -0.2) is 33.1 Å². The summed E-state index contributed by atoms with van der Waals surface area (Å²) in [5.74, 6) is -0.398. The van der Waals surface area contributed by atoms with Crippen molar-refractivity contribution in [2.75, 3.05) is 19.0 Å². The zero-order chi connectivity index (χ0) is 12.5. The number of hydrogen-bond acceptors (Lipinski definition) is 5. The summed E-state index contributed by atoms with van der Waals surface area (Å²) in [6.07, 6.45) is 0.231. The van der Waals surface area contributed by atoms with Crippen LogP contribution in [0, 0.1) is 0 Å². The van der Waals surface area contributed by atoms with E-state index in [0.29, 0.717) is 5.56 Å². The Bertz CT molecular complexity index is 521. The van der Waals surface area contributed by atoms with Gasteiger partial charge in [-0.05, 0) is 30.7 Å². The summed E-state index contributed by atoms with van der Waals surface area (Å²) in [4.78, 5) is 12.0. The van der Waals surface area contributed by atoms with Crippen molar-refractivity contribution in [3.8, 4) is 0 Å². The van der Waals surface area contributed by atoms with Gasteiger partial charge in [0.1, 0.15) is 0 Å². The molecule has 5 nitrogen and oxygen atoms in total. The Balaban J connectivity index is 2.25. The Morgan fingerprint density at radius 2 is 2.00 bits per heavy atom. The summed E-state index contributed by atoms with van der Waals surface area (Å²) >= 11 is 0. The normalized spacial score (nSPS) is 22.3. The van der Waals surface area contributed by atoms with Gasteiger partial charge in [0.2, 0.25) is 0 Å². The van der Waals surface area contributed by atoms with Crippen molar-refractivity contribution in [1.29, 1.82) is 0 Å². The van der Waals surface area contributed by atoms with Crippen molar-refractivity contribution in [2.45, 2.75) is 11.7 Å². The molecule has 1 unspecified atom stereocenters. The first-order valence-corrected chi connectivity index (χ1v) is 6.72. The molecule has 0 bridgehead atoms. The van der Waals surface area contributed by atoms with Crippen LogP contribution in [0.3, 0.4) is 0 Å². The van der Waals surface area contributed by atoms with Gasteiger partial charge in [-0.2, -0.15) is 8.42 Å². The van der Waals surface area contributed by atoms with Crippen molar-refractivity contribution in [1.82, 2.24) is 0 Å². The molecule has 0 aliphatic carbocycles. The van der Waals surface area contributed by atoms with Crippen LogP contribution >= 0.6 is 0 Å². The molecule has 0 aromatic heterocycles. The van der Waals surface area contributed by atoms with Crippen LogP contribution in [0.2, 0.25) is 0 Å². The van der Waals surface area contributed by atoms with Crippen LogP contribution in [-0.2, 0) is 14.3 Å². The molecule has 0 amide bonds. The molecule has 1 aliphatic rings. The van der Waals surface area contributed by atoms with Gasteiger partial charge in [0.25, 0.3) is 10.1 Å². The summed E-state index contributed by atoms with van der Waals surface area (Å²) in [5, 5.41) is 1.87. The van der Waals surface area contributed by atoms with E-state index < -0.39 is 21.2 Å². The topological polar surface area (TPSA) is 72.5 Å². The van der Waals surface area contributed by atoms with E-state index in [1.54, 1.807) is 31.3 Å². The van der Waals surface area contributed by atoms with Crippen molar-refractivity contribution >= 4 is 21.6 Å². The maximum Gasteiger partial charge on any atom is 0.277 e. The molecule has 1 aliphatic heterocycles. The maximum absolute atomic E-state index is 12.0. The van der Waals surface area contributed by atoms with Gasteiger partial charge in [0.05, 0.1) is 6.61 Å². The lowest BCUT2D eigenvalue weighted by molar-refractivity contribution is 0.0987. The fourth-order valence-electron chi connectivity index (χ4n) is 1.75. The van der Waals surface area contributed by atoms with Gasteiger partial charge in [-0.15, -0.1) is 0 Å². The predicted octanol–water partition coefficient (Wildman–Crippen LogP) is 1.03. The Morgan fingerprint density at radius 1 is 1.35 bits per heavy atom. The van der Waals surface area contributed by atoms with E-state index in [1.165, 1.54) is 0 Å². The molecule has 2 rings (SSSR count). The summed E-state index contributed by atoms with van der Waals surface area (Å²) in [5.41, 5.74) is 1.26. The molecule has 0 spiro atoms. The number of benzene rings is 1. The van der Waals surface area contributed by atoms with Crippen molar-refractivity contribution in [2.24, 2.45) is 0 Å². The van der Waals surface area contributed by atoms with Crippen molar-refractivity contribution < 1.29 is 17.4 Å². The van der Waals surface area contributed by atoms with Gasteiger partial charge in [-0.25, -0.2) is 0 Å². The van der Waals surface area contributed by atoms with Gasteiger partial charge in [-0.1, -0.05) is 0 Å². The number of ketones is 1. The van der Waals surface area contributed by atoms with Gasteiger partial charge in [0.15, 0.2) is 11.0 Å². The summed E-state index contributed by atoms with van der Waals surface area (Å²) in [6, 6.07) is 6.69. The first-order chi connectivity index (χ1) is 8.04. The second-order valence-corrected chi connectivity index (χ2v) is 5.57. The zero-order valence-corrected chi connectivity index (χ0v) is 10.2. The van der Waals surface area contributed by atoms with Crippen LogP contribution in [0.1, 0.15) is 16.8 Å². The molecule has 1 N–H and O–H groups in total. The summed E-state index contributed by atoms with van der Waals surface area (Å²) < 4.78 is 27.5. The molecule has 0 saturated carbocycles. The summed E-state index contributed by atoms with van der Waals surface area (Å²) in [6.45, 7) is 0.0906. The fraction of sp³-hybridized carbons (Fsp3) is 0.364. The van der Waals surface area contributed by atoms with E-state index in [0.717, 1.165) is 5.69 Å². The molecule has 92 valence electrons. The third kappa shape index (κ3) is 2.32. The van der Waals surface area contributed by atoms with Gasteiger partial charge >= 0.3 is 0 Å². The molecule has 1 fully saturated rings. The number of nitrogens with one attached hydrogen (secondary N) is 1. The molecule has 1 saturated heterocycles. The minimum Gasteiger partial charge on any atom is -0.388 e. The largest absolute Gasteiger partial charge is 0.388 e. The average molecular weight is 255 g/mol. The number of Topliss-reactive ketones (excluding diaryl/α,β-unsaturated/α-hetero) is 1. The molecule has 6 heteroatoms. The second-order valence-electron chi connectivity index (χ2n) is 3.78. The lowest BCUT2D eigenvalue weighted by atomic mass is 10.1. The minimum atomic E-state index is -3.72. The molecular weight excluding hydrogens is 242 g/mol. The second kappa shape index (κ2) is 4.46. The number of rotatable bonds is 3. The van der Waals surface area contributed by atoms with Gasteiger partial charge in [-0.3, -0.25) is 8.98 Å². The van der Waals surface area contributed by atoms with Gasteiger partial charge in [0, 0.05) is 18.3 Å². The number of carbonyl (C=O) groups is 1. The first-order valence-electron chi connectivity index (χ1n) is 5.25. The third-order valence-corrected chi connectivity index (χ3v) is 4.37. The highest BCUT2D eigenvalue weighted by Gasteiger charge is 2.38. The Kier molecular flexibility index (Phi) is 3.17. The predicted molar refractivity (Wildman–Crippen MR) is 63.6 cm³/mol. The molecular formula is C11H13NO4S. The van der Waals surface area contributed by atoms with E-state index in [-0.39, 0.29) is 13.0 Å². The smallest absolute Gasteiger partial charge is 0.277 e. The highest BCUT2D eigenvalue weighted by Crippen LogP contribution is 2.22. The molecule has 1 atom stereocenters. The standard InChI is InChI=1S/C11H13NO4S/c1-12-9-4-2-8(3-5-9)11(13)10-6-7-16-17(10,14)15/h2-5,10,12H,6-7H2,1H3. The zero-order valence-electron chi connectivity index (χ0n) is 9.34. The summed E-state index contributed by atoms with van der Waals surface area (Å²) in [7, 11) is -1.95. The van der Waals surface area contributed by atoms with E-state index in [1.807, 2.05) is 0 Å². The van der Waals surface area contributed by atoms with E-state index in [2.05, 4.69) is 9.50 Å². The van der Waals surface area contributed by atoms with Gasteiger partial charge < -0.3 is 5.32 Å². The average Bonchev–Trinajstić information content (AvgIpc) is 2.68. The Labute approximate surface area is 99.9 Å². The highest BCUT2D eigenvalue weighted by atomic mass is 32.2. The van der Waals surface area contributed by atoms with Crippen molar-refractivity contribution in [3.63, 3.8) is 0 Å². The monoisotopic (exact) mass is 255 g/mol. The molecule has 1 aromatic rings. The third-order valence-electron chi connectivity index (χ3n) is 2.73. The first kappa shape index (κ1) is 12.1. The van der Waals surface area contributed by atoms with E-state index in [9.17, 15) is 13.2 Å². The van der Waals surface area contributed by atoms with Crippen LogP contribution in [0.15, 0.2) is 24.3 Å². The number of hydrogen-bond donors (Lipinski definition) is 1. The fourth-order valence-corrected chi connectivity index (χ4v) is 3.02. The van der Waals surface area contributed by atoms with Crippen LogP contribution in [0.5, 0.6) is 0 Å². The maximum atomic E-state index is 12.0. The van der Waals surface area contributed by atoms with E-state index in [4.69, 9.17) is 0 Å². The lowest BCUT2D eigenvalue weighted by Crippen LogP contribution is -2.25. The molecule has 17 heavy (non-hydrogen) atoms. The Morgan fingerprint density at radius 3 is 2.47 bits per heavy atom. The molecule has 1 aromatic carbocycles. The van der Waals surface area contributed by atoms with Crippen LogP contribution in [0.25, 0.3) is 0 Å². The van der Waals surface area contributed by atoms with Crippen LogP contribution < -0.4 is 5.32 Å². The molecule has 1 heterocycles. The molecule has 0 radical (unpaired) electrons. The number of anilines is 1.